The van der Waals surface area contributed by atoms with Crippen molar-refractivity contribution in [2.24, 2.45) is 0 Å². The van der Waals surface area contributed by atoms with Gasteiger partial charge in [-0.3, -0.25) is 4.79 Å². The molecule has 0 atom stereocenters. The van der Waals surface area contributed by atoms with Crippen LogP contribution in [-0.2, 0) is 12.6 Å². The predicted octanol–water partition coefficient (Wildman–Crippen LogP) is 3.99. The minimum absolute atomic E-state index is 0.250. The smallest absolute Gasteiger partial charge is 0.416 e. The summed E-state index contributed by atoms with van der Waals surface area (Å²) in [6.45, 7) is 2.21. The van der Waals surface area contributed by atoms with Crippen LogP contribution in [0.1, 0.15) is 27.0 Å². The molecule has 128 valence electrons. The number of alkyl halides is 3. The molecule has 0 aromatic heterocycles. The van der Waals surface area contributed by atoms with Crippen LogP contribution in [0.5, 0.6) is 5.75 Å². The molecule has 2 rings (SSSR count). The molecule has 3 nitrogen and oxygen atoms in total. The van der Waals surface area contributed by atoms with Gasteiger partial charge in [-0.25, -0.2) is 0 Å². The van der Waals surface area contributed by atoms with Crippen molar-refractivity contribution in [3.63, 3.8) is 0 Å². The van der Waals surface area contributed by atoms with E-state index in [0.717, 1.165) is 23.3 Å². The zero-order chi connectivity index (χ0) is 17.7. The lowest BCUT2D eigenvalue weighted by Gasteiger charge is -2.10. The fourth-order valence-corrected chi connectivity index (χ4v) is 2.24. The Hall–Kier alpha value is -2.50. The normalized spacial score (nSPS) is 11.2. The van der Waals surface area contributed by atoms with E-state index in [1.54, 1.807) is 18.2 Å². The molecule has 2 aromatic carbocycles. The van der Waals surface area contributed by atoms with E-state index in [9.17, 15) is 18.0 Å². The average molecular weight is 337 g/mol. The van der Waals surface area contributed by atoms with E-state index in [2.05, 4.69) is 5.32 Å². The molecule has 0 bridgehead atoms. The number of nitrogens with one attached hydrogen (secondary N) is 1. The Kier molecular flexibility index (Phi) is 5.49. The Labute approximate surface area is 138 Å². The zero-order valence-corrected chi connectivity index (χ0v) is 13.4. The summed E-state index contributed by atoms with van der Waals surface area (Å²) in [6, 6.07) is 10.1. The zero-order valence-electron chi connectivity index (χ0n) is 13.4. The minimum Gasteiger partial charge on any atom is -0.496 e. The molecule has 0 radical (unpaired) electrons. The van der Waals surface area contributed by atoms with Crippen LogP contribution in [0.25, 0.3) is 0 Å². The summed E-state index contributed by atoms with van der Waals surface area (Å²) in [7, 11) is 1.54. The van der Waals surface area contributed by atoms with Crippen molar-refractivity contribution >= 4 is 5.91 Å². The van der Waals surface area contributed by atoms with E-state index >= 15 is 0 Å². The van der Waals surface area contributed by atoms with Gasteiger partial charge in [-0.15, -0.1) is 0 Å². The number of benzene rings is 2. The highest BCUT2D eigenvalue weighted by Crippen LogP contribution is 2.29. The van der Waals surface area contributed by atoms with E-state index in [1.165, 1.54) is 19.2 Å². The number of ether oxygens (including phenoxy) is 1. The van der Waals surface area contributed by atoms with Gasteiger partial charge in [0.05, 0.1) is 12.7 Å². The monoisotopic (exact) mass is 337 g/mol. The second-order valence-corrected chi connectivity index (χ2v) is 5.38. The summed E-state index contributed by atoms with van der Waals surface area (Å²) in [5.74, 6) is 0.380. The van der Waals surface area contributed by atoms with E-state index in [-0.39, 0.29) is 5.91 Å². The maximum Gasteiger partial charge on any atom is 0.416 e. The van der Waals surface area contributed by atoms with E-state index in [0.29, 0.717) is 24.3 Å². The number of hydrogen-bond donors (Lipinski definition) is 1. The molecule has 0 aliphatic carbocycles. The maximum atomic E-state index is 12.5. The van der Waals surface area contributed by atoms with Crippen molar-refractivity contribution in [1.82, 2.24) is 5.32 Å². The van der Waals surface area contributed by atoms with E-state index in [1.807, 2.05) is 6.92 Å². The summed E-state index contributed by atoms with van der Waals surface area (Å²) in [5.41, 5.74) is 1.45. The fourth-order valence-electron chi connectivity index (χ4n) is 2.24. The second kappa shape index (κ2) is 7.38. The number of hydrogen-bond acceptors (Lipinski definition) is 2. The molecule has 2 aromatic rings. The third-order valence-corrected chi connectivity index (χ3v) is 3.65. The molecule has 0 saturated heterocycles. The molecule has 0 fully saturated rings. The summed E-state index contributed by atoms with van der Waals surface area (Å²) >= 11 is 0. The number of amides is 1. The molecular weight excluding hydrogens is 319 g/mol. The van der Waals surface area contributed by atoms with E-state index < -0.39 is 11.7 Å². The molecule has 0 spiro atoms. The van der Waals surface area contributed by atoms with E-state index in [4.69, 9.17) is 4.74 Å². The van der Waals surface area contributed by atoms with Crippen molar-refractivity contribution in [3.05, 3.63) is 64.7 Å². The lowest BCUT2D eigenvalue weighted by atomic mass is 10.1. The fraction of sp³-hybridized carbons (Fsp3) is 0.278. The van der Waals surface area contributed by atoms with Gasteiger partial charge < -0.3 is 10.1 Å². The van der Waals surface area contributed by atoms with Crippen molar-refractivity contribution < 1.29 is 22.7 Å². The van der Waals surface area contributed by atoms with Gasteiger partial charge in [-0.05, 0) is 48.7 Å². The Bertz CT molecular complexity index is 709. The summed E-state index contributed by atoms with van der Waals surface area (Å²) < 4.78 is 42.6. The SMILES string of the molecule is COc1cc(C(=O)NCCc2ccc(C(F)(F)F)cc2)ccc1C. The minimum atomic E-state index is -4.34. The number of methoxy groups -OCH3 is 1. The first-order valence-corrected chi connectivity index (χ1v) is 7.40. The summed E-state index contributed by atoms with van der Waals surface area (Å²) in [6.07, 6.45) is -3.88. The standard InChI is InChI=1S/C18H18F3NO2/c1-12-3-6-14(11-16(12)24-2)17(23)22-10-9-13-4-7-15(8-5-13)18(19,20)21/h3-8,11H,9-10H2,1-2H3,(H,22,23). The van der Waals surface area contributed by atoms with Gasteiger partial charge in [0, 0.05) is 12.1 Å². The highest BCUT2D eigenvalue weighted by molar-refractivity contribution is 5.94. The lowest BCUT2D eigenvalue weighted by molar-refractivity contribution is -0.137. The van der Waals surface area contributed by atoms with Crippen LogP contribution in [0.3, 0.4) is 0 Å². The van der Waals surface area contributed by atoms with Gasteiger partial charge in [-0.2, -0.15) is 13.2 Å². The molecular formula is C18H18F3NO2. The number of halogens is 3. The topological polar surface area (TPSA) is 38.3 Å². The third-order valence-electron chi connectivity index (χ3n) is 3.65. The van der Waals surface area contributed by atoms with Gasteiger partial charge in [0.25, 0.3) is 5.91 Å². The molecule has 0 saturated carbocycles. The number of rotatable bonds is 5. The Morgan fingerprint density at radius 2 is 1.79 bits per heavy atom. The first-order valence-electron chi connectivity index (χ1n) is 7.40. The first kappa shape index (κ1) is 17.8. The molecule has 0 heterocycles. The number of aryl methyl sites for hydroxylation is 1. The van der Waals surface area contributed by atoms with Crippen LogP contribution in [0.2, 0.25) is 0 Å². The Morgan fingerprint density at radius 3 is 2.38 bits per heavy atom. The van der Waals surface area contributed by atoms with Gasteiger partial charge in [-0.1, -0.05) is 18.2 Å². The molecule has 6 heteroatoms. The molecule has 0 unspecified atom stereocenters. The molecule has 24 heavy (non-hydrogen) atoms. The molecule has 0 aliphatic heterocycles. The van der Waals surface area contributed by atoms with Gasteiger partial charge in [0.15, 0.2) is 0 Å². The van der Waals surface area contributed by atoms with Crippen molar-refractivity contribution in [1.29, 1.82) is 0 Å². The number of carbonyl (C=O) groups is 1. The second-order valence-electron chi connectivity index (χ2n) is 5.38. The molecule has 0 aliphatic rings. The predicted molar refractivity (Wildman–Crippen MR) is 85.2 cm³/mol. The highest BCUT2D eigenvalue weighted by atomic mass is 19.4. The van der Waals surface area contributed by atoms with Gasteiger partial charge in [0.2, 0.25) is 0 Å². The number of carbonyl (C=O) groups excluding carboxylic acids is 1. The third kappa shape index (κ3) is 4.50. The van der Waals surface area contributed by atoms with Crippen LogP contribution < -0.4 is 10.1 Å². The summed E-state index contributed by atoms with van der Waals surface area (Å²) in [4.78, 5) is 12.1. The van der Waals surface area contributed by atoms with Crippen LogP contribution in [0.4, 0.5) is 13.2 Å². The van der Waals surface area contributed by atoms with Crippen LogP contribution in [-0.4, -0.2) is 19.6 Å². The Morgan fingerprint density at radius 1 is 1.12 bits per heavy atom. The van der Waals surface area contributed by atoms with Crippen LogP contribution >= 0.6 is 0 Å². The Balaban J connectivity index is 1.91. The molecule has 1 amide bonds. The van der Waals surface area contributed by atoms with Crippen LogP contribution in [0.15, 0.2) is 42.5 Å². The molecule has 1 N–H and O–H groups in total. The van der Waals surface area contributed by atoms with Crippen molar-refractivity contribution in [3.8, 4) is 5.75 Å². The van der Waals surface area contributed by atoms with Gasteiger partial charge in [0.1, 0.15) is 5.75 Å². The van der Waals surface area contributed by atoms with Crippen molar-refractivity contribution in [2.45, 2.75) is 19.5 Å². The van der Waals surface area contributed by atoms with Crippen LogP contribution in [0, 0.1) is 6.92 Å². The van der Waals surface area contributed by atoms with Crippen molar-refractivity contribution in [2.75, 3.05) is 13.7 Å². The summed E-state index contributed by atoms with van der Waals surface area (Å²) in [5, 5.41) is 2.75. The van der Waals surface area contributed by atoms with Gasteiger partial charge >= 0.3 is 6.18 Å². The quantitative estimate of drug-likeness (QED) is 0.896. The average Bonchev–Trinajstić information content (AvgIpc) is 2.55. The first-order chi connectivity index (χ1) is 11.3. The largest absolute Gasteiger partial charge is 0.496 e. The highest BCUT2D eigenvalue weighted by Gasteiger charge is 2.29. The lowest BCUT2D eigenvalue weighted by Crippen LogP contribution is -2.25. The maximum absolute atomic E-state index is 12.5.